The van der Waals surface area contributed by atoms with E-state index in [9.17, 15) is 13.2 Å². The molecule has 1 aliphatic heterocycles. The highest BCUT2D eigenvalue weighted by Crippen LogP contribution is 2.31. The molecule has 0 aliphatic carbocycles. The zero-order valence-electron chi connectivity index (χ0n) is 17.9. The molecule has 1 saturated heterocycles. The van der Waals surface area contributed by atoms with Crippen LogP contribution in [0.2, 0.25) is 0 Å². The minimum absolute atomic E-state index is 0.606. The Kier molecular flexibility index (Phi) is 10.2. The molecule has 1 aliphatic rings. The number of benzene rings is 1. The van der Waals surface area contributed by atoms with Gasteiger partial charge in [-0.05, 0) is 38.0 Å². The van der Waals surface area contributed by atoms with E-state index in [0.29, 0.717) is 58.2 Å². The summed E-state index contributed by atoms with van der Waals surface area (Å²) in [6, 6.07) is 5.54. The van der Waals surface area contributed by atoms with Crippen LogP contribution in [0.3, 0.4) is 0 Å². The van der Waals surface area contributed by atoms with E-state index in [0.717, 1.165) is 31.4 Å². The highest BCUT2D eigenvalue weighted by Gasteiger charge is 2.31. The minimum atomic E-state index is -4.32. The molecule has 1 aromatic carbocycles. The van der Waals surface area contributed by atoms with Gasteiger partial charge in [-0.15, -0.1) is 0 Å². The lowest BCUT2D eigenvalue weighted by molar-refractivity contribution is -0.137. The summed E-state index contributed by atoms with van der Waals surface area (Å²) in [4.78, 5) is 8.86. The molecule has 0 spiro atoms. The second kappa shape index (κ2) is 12.6. The number of rotatable bonds is 10. The molecule has 30 heavy (non-hydrogen) atoms. The van der Waals surface area contributed by atoms with Crippen molar-refractivity contribution < 1.29 is 22.6 Å². The summed E-state index contributed by atoms with van der Waals surface area (Å²) in [5.74, 6) is 0.862. The predicted octanol–water partition coefficient (Wildman–Crippen LogP) is 3.24. The largest absolute Gasteiger partial charge is 0.416 e. The molecule has 0 unspecified atom stereocenters. The van der Waals surface area contributed by atoms with E-state index < -0.39 is 11.7 Å². The molecule has 9 heteroatoms. The van der Waals surface area contributed by atoms with Crippen LogP contribution in [0.5, 0.6) is 0 Å². The van der Waals surface area contributed by atoms with E-state index in [-0.39, 0.29) is 0 Å². The number of piperazine rings is 1. The Morgan fingerprint density at radius 3 is 2.53 bits per heavy atom. The maximum absolute atomic E-state index is 13.0. The summed E-state index contributed by atoms with van der Waals surface area (Å²) < 4.78 is 49.3. The van der Waals surface area contributed by atoms with Crippen LogP contribution in [0.4, 0.5) is 18.9 Å². The van der Waals surface area contributed by atoms with Crippen LogP contribution >= 0.6 is 0 Å². The number of hydrogen-bond donors (Lipinski definition) is 1. The number of halogens is 3. The number of alkyl halides is 3. The SMILES string of the molecule is CCNC(=NCCCCOCCOC)N1CCN(c2cccc(C(F)(F)F)c2)CC1. The Morgan fingerprint density at radius 1 is 1.10 bits per heavy atom. The summed E-state index contributed by atoms with van der Waals surface area (Å²) in [6.07, 6.45) is -2.44. The van der Waals surface area contributed by atoms with E-state index in [1.54, 1.807) is 13.2 Å². The lowest BCUT2D eigenvalue weighted by Gasteiger charge is -2.38. The van der Waals surface area contributed by atoms with Crippen molar-refractivity contribution in [1.29, 1.82) is 0 Å². The number of guanidine groups is 1. The van der Waals surface area contributed by atoms with Crippen LogP contribution < -0.4 is 10.2 Å². The average Bonchev–Trinajstić information content (AvgIpc) is 2.74. The van der Waals surface area contributed by atoms with Crippen molar-refractivity contribution in [2.45, 2.75) is 25.9 Å². The summed E-state index contributed by atoms with van der Waals surface area (Å²) in [6.45, 7) is 8.15. The minimum Gasteiger partial charge on any atom is -0.382 e. The van der Waals surface area contributed by atoms with Crippen molar-refractivity contribution in [1.82, 2.24) is 10.2 Å². The third-order valence-electron chi connectivity index (χ3n) is 4.84. The molecule has 0 radical (unpaired) electrons. The van der Waals surface area contributed by atoms with Crippen molar-refractivity contribution in [2.75, 3.05) is 71.1 Å². The molecule has 0 bridgehead atoms. The summed E-state index contributed by atoms with van der Waals surface area (Å²) in [7, 11) is 1.65. The zero-order valence-corrected chi connectivity index (χ0v) is 17.9. The number of nitrogens with one attached hydrogen (secondary N) is 1. The lowest BCUT2D eigenvalue weighted by Crippen LogP contribution is -2.52. The standard InChI is InChI=1S/C21H33F3N4O2/c1-3-25-20(26-9-4-5-14-30-16-15-29-2)28-12-10-27(11-13-28)19-8-6-7-18(17-19)21(22,23)24/h6-8,17H,3-5,9-16H2,1-2H3,(H,25,26). The van der Waals surface area contributed by atoms with Crippen LogP contribution in [0.15, 0.2) is 29.3 Å². The first-order valence-corrected chi connectivity index (χ1v) is 10.5. The van der Waals surface area contributed by atoms with Gasteiger partial charge in [-0.2, -0.15) is 13.2 Å². The molecule has 0 atom stereocenters. The number of methoxy groups -OCH3 is 1. The zero-order chi connectivity index (χ0) is 21.8. The number of aliphatic imine (C=N–C) groups is 1. The van der Waals surface area contributed by atoms with E-state index in [2.05, 4.69) is 10.2 Å². The van der Waals surface area contributed by atoms with E-state index in [4.69, 9.17) is 14.5 Å². The molecule has 1 aromatic rings. The van der Waals surface area contributed by atoms with Gasteiger partial charge in [-0.25, -0.2) is 0 Å². The predicted molar refractivity (Wildman–Crippen MR) is 113 cm³/mol. The molecule has 0 aromatic heterocycles. The van der Waals surface area contributed by atoms with Crippen molar-refractivity contribution >= 4 is 11.6 Å². The Hall–Kier alpha value is -2.00. The van der Waals surface area contributed by atoms with Gasteiger partial charge >= 0.3 is 6.18 Å². The third kappa shape index (κ3) is 8.02. The average molecular weight is 431 g/mol. The lowest BCUT2D eigenvalue weighted by atomic mass is 10.1. The molecular weight excluding hydrogens is 397 g/mol. The molecule has 2 rings (SSSR count). The fourth-order valence-corrected chi connectivity index (χ4v) is 3.23. The van der Waals surface area contributed by atoms with Crippen molar-refractivity contribution in [3.05, 3.63) is 29.8 Å². The van der Waals surface area contributed by atoms with Gasteiger partial charge in [0.05, 0.1) is 18.8 Å². The van der Waals surface area contributed by atoms with Gasteiger partial charge in [0.25, 0.3) is 0 Å². The Labute approximate surface area is 177 Å². The van der Waals surface area contributed by atoms with E-state index >= 15 is 0 Å². The number of unbranched alkanes of at least 4 members (excludes halogenated alkanes) is 1. The summed E-state index contributed by atoms with van der Waals surface area (Å²) >= 11 is 0. The van der Waals surface area contributed by atoms with Gasteiger partial charge in [0.2, 0.25) is 0 Å². The first-order valence-electron chi connectivity index (χ1n) is 10.5. The monoisotopic (exact) mass is 430 g/mol. The normalized spacial score (nSPS) is 15.6. The summed E-state index contributed by atoms with van der Waals surface area (Å²) in [5, 5.41) is 3.32. The molecule has 1 heterocycles. The number of anilines is 1. The molecule has 0 saturated carbocycles. The highest BCUT2D eigenvalue weighted by atomic mass is 19.4. The molecule has 6 nitrogen and oxygen atoms in total. The highest BCUT2D eigenvalue weighted by molar-refractivity contribution is 5.80. The van der Waals surface area contributed by atoms with Crippen molar-refractivity contribution in [3.63, 3.8) is 0 Å². The van der Waals surface area contributed by atoms with Crippen molar-refractivity contribution in [2.24, 2.45) is 4.99 Å². The Morgan fingerprint density at radius 2 is 1.87 bits per heavy atom. The smallest absolute Gasteiger partial charge is 0.382 e. The fraction of sp³-hybridized carbons (Fsp3) is 0.667. The van der Waals surface area contributed by atoms with E-state index in [1.807, 2.05) is 11.8 Å². The number of hydrogen-bond acceptors (Lipinski definition) is 4. The second-order valence-electron chi connectivity index (χ2n) is 7.07. The quantitative estimate of drug-likeness (QED) is 0.351. The number of nitrogens with zero attached hydrogens (tertiary/aromatic N) is 3. The van der Waals surface area contributed by atoms with Crippen molar-refractivity contribution in [3.8, 4) is 0 Å². The molecular formula is C21H33F3N4O2. The van der Waals surface area contributed by atoms with Crippen LogP contribution in [-0.4, -0.2) is 77.1 Å². The maximum Gasteiger partial charge on any atom is 0.416 e. The first-order chi connectivity index (χ1) is 14.5. The Balaban J connectivity index is 1.82. The van der Waals surface area contributed by atoms with Crippen LogP contribution in [0, 0.1) is 0 Å². The van der Waals surface area contributed by atoms with Crippen LogP contribution in [0.25, 0.3) is 0 Å². The first kappa shape index (κ1) is 24.3. The third-order valence-corrected chi connectivity index (χ3v) is 4.84. The summed E-state index contributed by atoms with van der Waals surface area (Å²) in [5.41, 5.74) is 0.00316. The van der Waals surface area contributed by atoms with Crippen LogP contribution in [0.1, 0.15) is 25.3 Å². The Bertz CT molecular complexity index is 647. The topological polar surface area (TPSA) is 49.3 Å². The van der Waals surface area contributed by atoms with Gasteiger partial charge in [-0.3, -0.25) is 4.99 Å². The van der Waals surface area contributed by atoms with E-state index in [1.165, 1.54) is 12.1 Å². The van der Waals surface area contributed by atoms with Crippen LogP contribution in [-0.2, 0) is 15.7 Å². The molecule has 1 N–H and O–H groups in total. The van der Waals surface area contributed by atoms with Gasteiger partial charge < -0.3 is 24.6 Å². The fourth-order valence-electron chi connectivity index (χ4n) is 3.23. The molecule has 1 fully saturated rings. The van der Waals surface area contributed by atoms with Gasteiger partial charge in [0.1, 0.15) is 0 Å². The van der Waals surface area contributed by atoms with Gasteiger partial charge in [0.15, 0.2) is 5.96 Å². The number of ether oxygens (including phenoxy) is 2. The second-order valence-corrected chi connectivity index (χ2v) is 7.07. The van der Waals surface area contributed by atoms with Gasteiger partial charge in [-0.1, -0.05) is 6.07 Å². The molecule has 0 amide bonds. The maximum atomic E-state index is 13.0. The molecule has 170 valence electrons. The van der Waals surface area contributed by atoms with Gasteiger partial charge in [0, 0.05) is 58.7 Å².